The van der Waals surface area contributed by atoms with E-state index in [-0.39, 0.29) is 11.3 Å². The van der Waals surface area contributed by atoms with Crippen LogP contribution in [0.3, 0.4) is 0 Å². The summed E-state index contributed by atoms with van der Waals surface area (Å²) < 4.78 is 0. The van der Waals surface area contributed by atoms with Crippen molar-refractivity contribution in [2.45, 2.75) is 45.1 Å². The predicted octanol–water partition coefficient (Wildman–Crippen LogP) is 3.41. The third-order valence-electron chi connectivity index (χ3n) is 3.78. The molecule has 0 atom stereocenters. The maximum Gasteiger partial charge on any atom is 0.270 e. The topological polar surface area (TPSA) is 66.9 Å². The average molecular weight is 310 g/mol. The van der Waals surface area contributed by atoms with Gasteiger partial charge in [0.1, 0.15) is 5.69 Å². The van der Waals surface area contributed by atoms with Crippen LogP contribution in [0.1, 0.15) is 49.7 Å². The molecule has 1 amide bonds. The van der Waals surface area contributed by atoms with Gasteiger partial charge >= 0.3 is 0 Å². The Kier molecular flexibility index (Phi) is 4.03. The number of carbonyl (C=O) groups is 1. The van der Waals surface area contributed by atoms with Gasteiger partial charge < -0.3 is 10.6 Å². The number of nitrogens with zero attached hydrogens (tertiary/aromatic N) is 2. The van der Waals surface area contributed by atoms with Crippen molar-refractivity contribution in [3.63, 3.8) is 0 Å². The number of anilines is 2. The third kappa shape index (κ3) is 3.86. The first kappa shape index (κ1) is 15.5. The molecule has 1 aliphatic carbocycles. The SMILES string of the molecule is CC(C)(C)c1ccccc1Nc1nccc(C(=O)NC2CC2)n1. The zero-order valence-corrected chi connectivity index (χ0v) is 13.8. The Labute approximate surface area is 136 Å². The maximum absolute atomic E-state index is 12.1. The number of carbonyl (C=O) groups excluding carboxylic acids is 1. The van der Waals surface area contributed by atoms with Crippen molar-refractivity contribution >= 4 is 17.5 Å². The molecule has 120 valence electrons. The van der Waals surface area contributed by atoms with E-state index in [9.17, 15) is 4.79 Å². The monoisotopic (exact) mass is 310 g/mol. The molecule has 3 rings (SSSR count). The van der Waals surface area contributed by atoms with E-state index in [0.717, 1.165) is 18.5 Å². The first-order valence-electron chi connectivity index (χ1n) is 7.94. The van der Waals surface area contributed by atoms with Crippen molar-refractivity contribution in [3.05, 3.63) is 47.8 Å². The fourth-order valence-corrected chi connectivity index (χ4v) is 2.40. The van der Waals surface area contributed by atoms with E-state index in [1.807, 2.05) is 18.2 Å². The lowest BCUT2D eigenvalue weighted by Crippen LogP contribution is -2.26. The molecular formula is C18H22N4O. The second-order valence-corrected chi connectivity index (χ2v) is 6.93. The summed E-state index contributed by atoms with van der Waals surface area (Å²) >= 11 is 0. The number of hydrogen-bond donors (Lipinski definition) is 2. The van der Waals surface area contributed by atoms with Crippen LogP contribution in [-0.2, 0) is 5.41 Å². The van der Waals surface area contributed by atoms with E-state index in [2.05, 4.69) is 47.4 Å². The Morgan fingerprint density at radius 1 is 1.17 bits per heavy atom. The number of benzene rings is 1. The van der Waals surface area contributed by atoms with Crippen LogP contribution in [0.5, 0.6) is 0 Å². The summed E-state index contributed by atoms with van der Waals surface area (Å²) in [5.74, 6) is 0.298. The highest BCUT2D eigenvalue weighted by Crippen LogP contribution is 2.30. The van der Waals surface area contributed by atoms with Gasteiger partial charge in [0.2, 0.25) is 5.95 Å². The second kappa shape index (κ2) is 5.99. The molecule has 1 saturated carbocycles. The Balaban J connectivity index is 1.82. The van der Waals surface area contributed by atoms with Gasteiger partial charge in [0.15, 0.2) is 0 Å². The van der Waals surface area contributed by atoms with Crippen molar-refractivity contribution in [1.82, 2.24) is 15.3 Å². The van der Waals surface area contributed by atoms with Crippen LogP contribution in [0.4, 0.5) is 11.6 Å². The van der Waals surface area contributed by atoms with Gasteiger partial charge in [-0.3, -0.25) is 4.79 Å². The van der Waals surface area contributed by atoms with E-state index in [1.165, 1.54) is 5.56 Å². The molecule has 1 aromatic heterocycles. The molecule has 0 unspecified atom stereocenters. The zero-order valence-electron chi connectivity index (χ0n) is 13.8. The number of hydrogen-bond acceptors (Lipinski definition) is 4. The van der Waals surface area contributed by atoms with E-state index >= 15 is 0 Å². The molecule has 1 aromatic carbocycles. The second-order valence-electron chi connectivity index (χ2n) is 6.93. The highest BCUT2D eigenvalue weighted by molar-refractivity contribution is 5.92. The fourth-order valence-electron chi connectivity index (χ4n) is 2.40. The van der Waals surface area contributed by atoms with Crippen molar-refractivity contribution < 1.29 is 4.79 Å². The van der Waals surface area contributed by atoms with Gasteiger partial charge in [0, 0.05) is 17.9 Å². The first-order chi connectivity index (χ1) is 10.9. The molecule has 0 radical (unpaired) electrons. The van der Waals surface area contributed by atoms with E-state index in [4.69, 9.17) is 0 Å². The van der Waals surface area contributed by atoms with Crippen molar-refractivity contribution in [2.24, 2.45) is 0 Å². The lowest BCUT2D eigenvalue weighted by Gasteiger charge is -2.23. The minimum Gasteiger partial charge on any atom is -0.348 e. The Bertz CT molecular complexity index is 717. The summed E-state index contributed by atoms with van der Waals surface area (Å²) in [7, 11) is 0. The lowest BCUT2D eigenvalue weighted by molar-refractivity contribution is 0.0946. The predicted molar refractivity (Wildman–Crippen MR) is 90.9 cm³/mol. The van der Waals surface area contributed by atoms with Gasteiger partial charge in [-0.05, 0) is 36.0 Å². The summed E-state index contributed by atoms with van der Waals surface area (Å²) in [5.41, 5.74) is 2.53. The van der Waals surface area contributed by atoms with Crippen LogP contribution in [0.15, 0.2) is 36.5 Å². The Hall–Kier alpha value is -2.43. The molecule has 0 aliphatic heterocycles. The van der Waals surface area contributed by atoms with Gasteiger partial charge in [-0.1, -0.05) is 39.0 Å². The summed E-state index contributed by atoms with van der Waals surface area (Å²) in [6.45, 7) is 6.48. The maximum atomic E-state index is 12.1. The molecule has 23 heavy (non-hydrogen) atoms. The molecule has 1 aliphatic rings. The molecule has 1 heterocycles. The summed E-state index contributed by atoms with van der Waals surface area (Å²) in [4.78, 5) is 20.7. The largest absolute Gasteiger partial charge is 0.348 e. The quantitative estimate of drug-likeness (QED) is 0.908. The minimum absolute atomic E-state index is 0.00452. The Morgan fingerprint density at radius 3 is 2.61 bits per heavy atom. The van der Waals surface area contributed by atoms with Crippen LogP contribution in [0.2, 0.25) is 0 Å². The van der Waals surface area contributed by atoms with Crippen LogP contribution < -0.4 is 10.6 Å². The van der Waals surface area contributed by atoms with Crippen LogP contribution in [-0.4, -0.2) is 21.9 Å². The van der Waals surface area contributed by atoms with Crippen molar-refractivity contribution in [1.29, 1.82) is 0 Å². The molecule has 0 spiro atoms. The number of amides is 1. The van der Waals surface area contributed by atoms with Gasteiger partial charge in [-0.2, -0.15) is 0 Å². The standard InChI is InChI=1S/C18H22N4O/c1-18(2,3)13-6-4-5-7-14(13)21-17-19-11-10-15(22-17)16(23)20-12-8-9-12/h4-7,10-12H,8-9H2,1-3H3,(H,20,23)(H,19,21,22). The highest BCUT2D eigenvalue weighted by atomic mass is 16.2. The number of rotatable bonds is 4. The normalized spacial score (nSPS) is 14.4. The van der Waals surface area contributed by atoms with Crippen LogP contribution in [0.25, 0.3) is 0 Å². The van der Waals surface area contributed by atoms with Gasteiger partial charge in [-0.25, -0.2) is 9.97 Å². The van der Waals surface area contributed by atoms with E-state index < -0.39 is 0 Å². The van der Waals surface area contributed by atoms with Crippen LogP contribution >= 0.6 is 0 Å². The summed E-state index contributed by atoms with van der Waals surface area (Å²) in [6, 6.07) is 10.0. The third-order valence-corrected chi connectivity index (χ3v) is 3.78. The molecule has 0 saturated heterocycles. The van der Waals surface area contributed by atoms with Gasteiger partial charge in [0.25, 0.3) is 5.91 Å². The Morgan fingerprint density at radius 2 is 1.91 bits per heavy atom. The summed E-state index contributed by atoms with van der Waals surface area (Å²) in [6.07, 6.45) is 3.72. The first-order valence-corrected chi connectivity index (χ1v) is 7.94. The lowest BCUT2D eigenvalue weighted by atomic mass is 9.86. The average Bonchev–Trinajstić information content (AvgIpc) is 3.31. The van der Waals surface area contributed by atoms with Crippen LogP contribution in [0, 0.1) is 0 Å². The van der Waals surface area contributed by atoms with E-state index in [0.29, 0.717) is 17.7 Å². The zero-order chi connectivity index (χ0) is 16.4. The molecule has 2 N–H and O–H groups in total. The van der Waals surface area contributed by atoms with Crippen molar-refractivity contribution in [2.75, 3.05) is 5.32 Å². The molecule has 1 fully saturated rings. The fraction of sp³-hybridized carbons (Fsp3) is 0.389. The number of nitrogens with one attached hydrogen (secondary N) is 2. The molecule has 5 heteroatoms. The summed E-state index contributed by atoms with van der Waals surface area (Å²) in [5, 5.41) is 6.18. The smallest absolute Gasteiger partial charge is 0.270 e. The number of para-hydroxylation sites is 1. The minimum atomic E-state index is -0.137. The molecular weight excluding hydrogens is 288 g/mol. The van der Waals surface area contributed by atoms with E-state index in [1.54, 1.807) is 12.3 Å². The molecule has 0 bridgehead atoms. The van der Waals surface area contributed by atoms with Gasteiger partial charge in [-0.15, -0.1) is 0 Å². The van der Waals surface area contributed by atoms with Gasteiger partial charge in [0.05, 0.1) is 0 Å². The molecule has 5 nitrogen and oxygen atoms in total. The van der Waals surface area contributed by atoms with Crippen molar-refractivity contribution in [3.8, 4) is 0 Å². The number of aromatic nitrogens is 2. The molecule has 2 aromatic rings. The highest BCUT2D eigenvalue weighted by Gasteiger charge is 2.24.